The fraction of sp³-hybridized carbons (Fsp3) is 0.308. The molecule has 1 aromatic heterocycles. The van der Waals surface area contributed by atoms with Gasteiger partial charge >= 0.3 is 0 Å². The molecule has 1 aromatic carbocycles. The minimum atomic E-state index is -0.0426. The number of rotatable bonds is 1. The van der Waals surface area contributed by atoms with Crippen molar-refractivity contribution in [2.45, 2.75) is 19.4 Å². The number of benzene rings is 1. The van der Waals surface area contributed by atoms with Gasteiger partial charge in [0.2, 0.25) is 0 Å². The van der Waals surface area contributed by atoms with Crippen molar-refractivity contribution in [3.63, 3.8) is 0 Å². The first kappa shape index (κ1) is 8.86. The summed E-state index contributed by atoms with van der Waals surface area (Å²) in [5, 5.41) is 1.19. The molecule has 76 valence electrons. The van der Waals surface area contributed by atoms with Crippen LogP contribution in [-0.4, -0.2) is 11.6 Å². The number of aryl methyl sites for hydroxylation is 1. The van der Waals surface area contributed by atoms with Gasteiger partial charge in [-0.1, -0.05) is 12.1 Å². The Kier molecular flexibility index (Phi) is 1.65. The van der Waals surface area contributed by atoms with Crippen LogP contribution in [0.1, 0.15) is 18.2 Å². The number of hydrogen-bond acceptors (Lipinski definition) is 2. The highest BCUT2D eigenvalue weighted by Crippen LogP contribution is 2.38. The number of fused-ring (bicyclic) bond motifs is 1. The van der Waals surface area contributed by atoms with E-state index in [0.717, 1.165) is 17.8 Å². The van der Waals surface area contributed by atoms with E-state index < -0.39 is 0 Å². The van der Waals surface area contributed by atoms with E-state index in [-0.39, 0.29) is 5.60 Å². The van der Waals surface area contributed by atoms with Gasteiger partial charge in [-0.15, -0.1) is 0 Å². The van der Waals surface area contributed by atoms with Crippen molar-refractivity contribution in [2.75, 3.05) is 6.61 Å². The van der Waals surface area contributed by atoms with Crippen molar-refractivity contribution in [3.8, 4) is 0 Å². The lowest BCUT2D eigenvalue weighted by atomic mass is 10.00. The zero-order valence-corrected chi connectivity index (χ0v) is 8.95. The molecule has 2 heterocycles. The summed E-state index contributed by atoms with van der Waals surface area (Å²) in [6.07, 6.45) is 0. The Balaban J connectivity index is 2.18. The summed E-state index contributed by atoms with van der Waals surface area (Å²) in [6, 6.07) is 10.5. The molecule has 0 saturated carbocycles. The smallest absolute Gasteiger partial charge is 0.114 e. The average Bonchev–Trinajstić information content (AvgIpc) is 2.97. The Labute approximate surface area is 88.9 Å². The molecule has 1 aliphatic heterocycles. The monoisotopic (exact) mass is 199 g/mol. The SMILES string of the molecule is Cc1ccc2cc(C3(C)CO3)ccc2n1. The summed E-state index contributed by atoms with van der Waals surface area (Å²) in [5.41, 5.74) is 3.33. The maximum atomic E-state index is 5.43. The van der Waals surface area contributed by atoms with E-state index in [1.807, 2.05) is 13.0 Å². The first-order chi connectivity index (χ1) is 7.17. The number of epoxide rings is 1. The number of aromatic nitrogens is 1. The second-order valence-electron chi connectivity index (χ2n) is 4.38. The van der Waals surface area contributed by atoms with E-state index in [9.17, 15) is 0 Å². The van der Waals surface area contributed by atoms with E-state index in [2.05, 4.69) is 36.2 Å². The van der Waals surface area contributed by atoms with Gasteiger partial charge in [0.15, 0.2) is 0 Å². The summed E-state index contributed by atoms with van der Waals surface area (Å²) in [6.45, 7) is 4.96. The molecule has 2 heteroatoms. The number of pyridine rings is 1. The second-order valence-corrected chi connectivity index (χ2v) is 4.38. The fourth-order valence-electron chi connectivity index (χ4n) is 1.83. The summed E-state index contributed by atoms with van der Waals surface area (Å²) in [4.78, 5) is 4.48. The molecule has 3 rings (SSSR count). The summed E-state index contributed by atoms with van der Waals surface area (Å²) in [7, 11) is 0. The molecule has 1 fully saturated rings. The molecular formula is C13H13NO. The van der Waals surface area contributed by atoms with E-state index in [1.165, 1.54) is 10.9 Å². The lowest BCUT2D eigenvalue weighted by molar-refractivity contribution is 0.330. The third-order valence-corrected chi connectivity index (χ3v) is 3.02. The maximum Gasteiger partial charge on any atom is 0.114 e. The first-order valence-corrected chi connectivity index (χ1v) is 5.19. The van der Waals surface area contributed by atoms with Crippen LogP contribution in [-0.2, 0) is 10.3 Å². The maximum absolute atomic E-state index is 5.43. The Morgan fingerprint density at radius 3 is 2.80 bits per heavy atom. The molecule has 0 N–H and O–H groups in total. The Hall–Kier alpha value is -1.41. The number of nitrogens with zero attached hydrogens (tertiary/aromatic N) is 1. The topological polar surface area (TPSA) is 25.4 Å². The van der Waals surface area contributed by atoms with Crippen LogP contribution in [0, 0.1) is 6.92 Å². The minimum Gasteiger partial charge on any atom is -0.365 e. The molecular weight excluding hydrogens is 186 g/mol. The van der Waals surface area contributed by atoms with E-state index >= 15 is 0 Å². The summed E-state index contributed by atoms with van der Waals surface area (Å²) < 4.78 is 5.43. The van der Waals surface area contributed by atoms with Crippen molar-refractivity contribution in [1.29, 1.82) is 0 Å². The van der Waals surface area contributed by atoms with Crippen LogP contribution in [0.2, 0.25) is 0 Å². The van der Waals surface area contributed by atoms with Crippen LogP contribution in [0.15, 0.2) is 30.3 Å². The van der Waals surface area contributed by atoms with Crippen LogP contribution >= 0.6 is 0 Å². The predicted molar refractivity (Wildman–Crippen MR) is 59.8 cm³/mol. The Morgan fingerprint density at radius 2 is 2.07 bits per heavy atom. The molecule has 0 amide bonds. The van der Waals surface area contributed by atoms with Gasteiger partial charge < -0.3 is 4.74 Å². The lowest BCUT2D eigenvalue weighted by Crippen LogP contribution is -2.01. The van der Waals surface area contributed by atoms with Crippen molar-refractivity contribution >= 4 is 10.9 Å². The third-order valence-electron chi connectivity index (χ3n) is 3.02. The van der Waals surface area contributed by atoms with Crippen LogP contribution < -0.4 is 0 Å². The van der Waals surface area contributed by atoms with Crippen molar-refractivity contribution < 1.29 is 4.74 Å². The zero-order valence-electron chi connectivity index (χ0n) is 8.95. The molecule has 2 aromatic rings. The second kappa shape index (κ2) is 2.80. The fourth-order valence-corrected chi connectivity index (χ4v) is 1.83. The Morgan fingerprint density at radius 1 is 1.27 bits per heavy atom. The highest BCUT2D eigenvalue weighted by atomic mass is 16.6. The average molecular weight is 199 g/mol. The van der Waals surface area contributed by atoms with Gasteiger partial charge in [-0.2, -0.15) is 0 Å². The van der Waals surface area contributed by atoms with Gasteiger partial charge in [0.25, 0.3) is 0 Å². The predicted octanol–water partition coefficient (Wildman–Crippen LogP) is 2.79. The molecule has 0 bridgehead atoms. The van der Waals surface area contributed by atoms with Gasteiger partial charge in [-0.3, -0.25) is 4.98 Å². The van der Waals surface area contributed by atoms with E-state index in [1.54, 1.807) is 0 Å². The van der Waals surface area contributed by atoms with Crippen LogP contribution in [0.4, 0.5) is 0 Å². The zero-order chi connectivity index (χ0) is 10.5. The van der Waals surface area contributed by atoms with Crippen LogP contribution in [0.5, 0.6) is 0 Å². The van der Waals surface area contributed by atoms with Gasteiger partial charge in [-0.25, -0.2) is 0 Å². The molecule has 1 aliphatic rings. The van der Waals surface area contributed by atoms with Crippen LogP contribution in [0.25, 0.3) is 10.9 Å². The summed E-state index contributed by atoms with van der Waals surface area (Å²) in [5.74, 6) is 0. The van der Waals surface area contributed by atoms with Gasteiger partial charge in [0.05, 0.1) is 12.1 Å². The van der Waals surface area contributed by atoms with Crippen molar-refractivity contribution in [2.24, 2.45) is 0 Å². The first-order valence-electron chi connectivity index (χ1n) is 5.19. The highest BCUT2D eigenvalue weighted by molar-refractivity contribution is 5.79. The standard InChI is InChI=1S/C13H13NO/c1-9-3-4-10-7-11(13(2)8-15-13)5-6-12(10)14-9/h3-7H,8H2,1-2H3. The highest BCUT2D eigenvalue weighted by Gasteiger charge is 2.41. The molecule has 1 atom stereocenters. The molecule has 2 nitrogen and oxygen atoms in total. The largest absolute Gasteiger partial charge is 0.365 e. The number of hydrogen-bond donors (Lipinski definition) is 0. The number of ether oxygens (including phenoxy) is 1. The van der Waals surface area contributed by atoms with Crippen molar-refractivity contribution in [3.05, 3.63) is 41.6 Å². The Bertz CT molecular complexity index is 529. The van der Waals surface area contributed by atoms with Gasteiger partial charge in [0.1, 0.15) is 5.60 Å². The minimum absolute atomic E-state index is 0.0426. The van der Waals surface area contributed by atoms with E-state index in [4.69, 9.17) is 4.74 Å². The normalized spacial score (nSPS) is 24.4. The van der Waals surface area contributed by atoms with E-state index in [0.29, 0.717) is 0 Å². The molecule has 1 saturated heterocycles. The third kappa shape index (κ3) is 1.41. The van der Waals surface area contributed by atoms with Crippen LogP contribution in [0.3, 0.4) is 0 Å². The molecule has 15 heavy (non-hydrogen) atoms. The van der Waals surface area contributed by atoms with Crippen molar-refractivity contribution in [1.82, 2.24) is 4.98 Å². The van der Waals surface area contributed by atoms with Gasteiger partial charge in [0, 0.05) is 11.1 Å². The van der Waals surface area contributed by atoms with Gasteiger partial charge in [-0.05, 0) is 37.6 Å². The summed E-state index contributed by atoms with van der Waals surface area (Å²) >= 11 is 0. The molecule has 0 aliphatic carbocycles. The molecule has 1 unspecified atom stereocenters. The quantitative estimate of drug-likeness (QED) is 0.660. The lowest BCUT2D eigenvalue weighted by Gasteiger charge is -2.06. The molecule has 0 radical (unpaired) electrons. The molecule has 0 spiro atoms.